The van der Waals surface area contributed by atoms with Gasteiger partial charge in [0.25, 0.3) is 5.91 Å². The van der Waals surface area contributed by atoms with Crippen LogP contribution in [0.3, 0.4) is 0 Å². The summed E-state index contributed by atoms with van der Waals surface area (Å²) in [6.45, 7) is 0.511. The minimum absolute atomic E-state index is 0.0418. The highest BCUT2D eigenvalue weighted by atomic mass is 19.1. The van der Waals surface area contributed by atoms with Gasteiger partial charge in [-0.25, -0.2) is 9.37 Å². The van der Waals surface area contributed by atoms with Crippen LogP contribution in [0.25, 0.3) is 11.1 Å². The van der Waals surface area contributed by atoms with Crippen molar-refractivity contribution in [2.75, 3.05) is 25.5 Å². The van der Waals surface area contributed by atoms with Crippen molar-refractivity contribution in [1.29, 1.82) is 0 Å². The first-order valence-electron chi connectivity index (χ1n) is 11.2. The number of allylic oxidation sites excluding steroid dienone is 1. The molecule has 2 aromatic heterocycles. The van der Waals surface area contributed by atoms with E-state index in [1.165, 1.54) is 18.1 Å². The molecule has 1 fully saturated rings. The molecule has 0 saturated carbocycles. The van der Waals surface area contributed by atoms with Crippen LogP contribution in [0.2, 0.25) is 0 Å². The standard InChI is InChI=1S/C25H20FN5O5/c1-35-17-3-2-13-11-31(23(33)21(13)22(17)26)12-25(9-20(32)30-24(25)34)18-8-15-16(36-18)4-5-19(29-15)28-14-6-7-27-10-14/h2-6,8,10H,7,9,11-12H2,1H3,(H,28,29)(H,30,32,34)/t25-/m1/s1. The van der Waals surface area contributed by atoms with Crippen LogP contribution in [-0.2, 0) is 21.5 Å². The minimum atomic E-state index is -1.48. The van der Waals surface area contributed by atoms with Crippen LogP contribution in [0.4, 0.5) is 10.2 Å². The number of nitrogens with one attached hydrogen (secondary N) is 2. The zero-order valence-corrected chi connectivity index (χ0v) is 19.1. The fourth-order valence-corrected chi connectivity index (χ4v) is 4.87. The zero-order valence-electron chi connectivity index (χ0n) is 19.1. The number of amides is 3. The number of pyridine rings is 1. The molecule has 5 heterocycles. The molecule has 3 aliphatic heterocycles. The maximum absolute atomic E-state index is 14.8. The Morgan fingerprint density at radius 3 is 2.83 bits per heavy atom. The van der Waals surface area contributed by atoms with Crippen molar-refractivity contribution in [3.05, 3.63) is 64.8 Å². The Morgan fingerprint density at radius 2 is 2.11 bits per heavy atom. The summed E-state index contributed by atoms with van der Waals surface area (Å²) in [4.78, 5) is 48.6. The van der Waals surface area contributed by atoms with Gasteiger partial charge in [0.1, 0.15) is 22.5 Å². The SMILES string of the molecule is COc1ccc2c(c1F)C(=O)N(C[C@@]1(c3cc4nc(NC5=CCN=C5)ccc4o3)CC(=O)NC1=O)C2. The summed E-state index contributed by atoms with van der Waals surface area (Å²) in [6, 6.07) is 8.11. The Hall–Kier alpha value is -4.54. The molecule has 2 N–H and O–H groups in total. The van der Waals surface area contributed by atoms with Crippen molar-refractivity contribution < 1.29 is 27.9 Å². The van der Waals surface area contributed by atoms with Gasteiger partial charge in [0, 0.05) is 25.4 Å². The van der Waals surface area contributed by atoms with E-state index in [2.05, 4.69) is 20.6 Å². The molecule has 36 heavy (non-hydrogen) atoms. The lowest BCUT2D eigenvalue weighted by atomic mass is 9.82. The third-order valence-corrected chi connectivity index (χ3v) is 6.65. The topological polar surface area (TPSA) is 126 Å². The van der Waals surface area contributed by atoms with Crippen LogP contribution < -0.4 is 15.4 Å². The monoisotopic (exact) mass is 489 g/mol. The van der Waals surface area contributed by atoms with Gasteiger partial charge in [0.15, 0.2) is 17.1 Å². The average molecular weight is 489 g/mol. The van der Waals surface area contributed by atoms with Crippen LogP contribution in [0.5, 0.6) is 5.75 Å². The van der Waals surface area contributed by atoms with Gasteiger partial charge in [-0.2, -0.15) is 0 Å². The predicted molar refractivity (Wildman–Crippen MR) is 126 cm³/mol. The van der Waals surface area contributed by atoms with Crippen LogP contribution >= 0.6 is 0 Å². The first-order valence-corrected chi connectivity index (χ1v) is 11.2. The predicted octanol–water partition coefficient (Wildman–Crippen LogP) is 2.30. The number of benzene rings is 1. The van der Waals surface area contributed by atoms with Crippen LogP contribution in [0.15, 0.2) is 51.5 Å². The highest BCUT2D eigenvalue weighted by Crippen LogP contribution is 2.39. The number of halogens is 1. The summed E-state index contributed by atoms with van der Waals surface area (Å²) in [5.41, 5.74) is 0.612. The van der Waals surface area contributed by atoms with Crippen molar-refractivity contribution in [2.45, 2.75) is 18.4 Å². The Bertz CT molecular complexity index is 1530. The molecule has 6 rings (SSSR count). The maximum Gasteiger partial charge on any atom is 0.257 e. The summed E-state index contributed by atoms with van der Waals surface area (Å²) in [6.07, 6.45) is 3.41. The summed E-state index contributed by atoms with van der Waals surface area (Å²) >= 11 is 0. The van der Waals surface area contributed by atoms with Crippen LogP contribution in [0.1, 0.15) is 28.1 Å². The van der Waals surface area contributed by atoms with Gasteiger partial charge >= 0.3 is 0 Å². The van der Waals surface area contributed by atoms with Gasteiger partial charge in [-0.3, -0.25) is 24.7 Å². The second-order valence-electron chi connectivity index (χ2n) is 8.88. The molecular formula is C25H20FN5O5. The van der Waals surface area contributed by atoms with E-state index in [0.717, 1.165) is 5.70 Å². The number of nitrogens with zero attached hydrogens (tertiary/aromatic N) is 3. The molecule has 0 radical (unpaired) electrons. The van der Waals surface area contributed by atoms with E-state index in [-0.39, 0.29) is 36.6 Å². The molecule has 0 unspecified atom stereocenters. The highest BCUT2D eigenvalue weighted by molar-refractivity contribution is 6.10. The first-order chi connectivity index (χ1) is 17.4. The number of hydrogen-bond acceptors (Lipinski definition) is 8. The molecule has 1 aromatic carbocycles. The maximum atomic E-state index is 14.8. The van der Waals surface area contributed by atoms with Crippen molar-refractivity contribution in [3.63, 3.8) is 0 Å². The van der Waals surface area contributed by atoms with Crippen LogP contribution in [-0.4, -0.2) is 54.0 Å². The van der Waals surface area contributed by atoms with Gasteiger partial charge in [-0.1, -0.05) is 6.07 Å². The quantitative estimate of drug-likeness (QED) is 0.509. The second-order valence-corrected chi connectivity index (χ2v) is 8.88. The Kier molecular flexibility index (Phi) is 4.88. The van der Waals surface area contributed by atoms with E-state index in [1.54, 1.807) is 30.5 Å². The van der Waals surface area contributed by atoms with Crippen molar-refractivity contribution in [2.24, 2.45) is 4.99 Å². The Labute approximate surface area is 203 Å². The average Bonchev–Trinajstić information content (AvgIpc) is 3.62. The van der Waals surface area contributed by atoms with Gasteiger partial charge in [0.05, 0.1) is 31.3 Å². The molecule has 0 bridgehead atoms. The summed E-state index contributed by atoms with van der Waals surface area (Å²) < 4.78 is 25.8. The van der Waals surface area contributed by atoms with Crippen molar-refractivity contribution in [3.8, 4) is 5.75 Å². The lowest BCUT2D eigenvalue weighted by Crippen LogP contribution is -2.46. The fraction of sp³-hybridized carbons (Fsp3) is 0.240. The molecule has 10 nitrogen and oxygen atoms in total. The number of carbonyl (C=O) groups is 3. The van der Waals surface area contributed by atoms with E-state index in [9.17, 15) is 18.8 Å². The smallest absolute Gasteiger partial charge is 0.257 e. The molecule has 3 aliphatic rings. The van der Waals surface area contributed by atoms with Crippen molar-refractivity contribution >= 4 is 40.9 Å². The van der Waals surface area contributed by atoms with E-state index < -0.39 is 29.0 Å². The Morgan fingerprint density at radius 1 is 1.25 bits per heavy atom. The molecule has 0 spiro atoms. The first kappa shape index (κ1) is 22.0. The van der Waals surface area contributed by atoms with E-state index in [0.29, 0.717) is 29.0 Å². The Balaban J connectivity index is 1.35. The number of carbonyl (C=O) groups excluding carboxylic acids is 3. The molecule has 1 atom stereocenters. The lowest BCUT2D eigenvalue weighted by molar-refractivity contribution is -0.127. The number of ether oxygens (including phenoxy) is 1. The molecular weight excluding hydrogens is 469 g/mol. The van der Waals surface area contributed by atoms with Crippen molar-refractivity contribution in [1.82, 2.24) is 15.2 Å². The molecule has 3 amide bonds. The van der Waals surface area contributed by atoms with E-state index in [1.807, 2.05) is 6.08 Å². The molecule has 1 saturated heterocycles. The number of imide groups is 1. The normalized spacial score (nSPS) is 20.8. The lowest BCUT2D eigenvalue weighted by Gasteiger charge is -2.28. The fourth-order valence-electron chi connectivity index (χ4n) is 4.87. The number of aliphatic imine (C=N–C) groups is 1. The molecule has 182 valence electrons. The molecule has 3 aromatic rings. The van der Waals surface area contributed by atoms with Gasteiger partial charge in [-0.05, 0) is 29.8 Å². The number of furan rings is 1. The second kappa shape index (κ2) is 8.01. The number of fused-ring (bicyclic) bond motifs is 2. The number of anilines is 1. The van der Waals surface area contributed by atoms with E-state index in [4.69, 9.17) is 9.15 Å². The number of hydrogen-bond donors (Lipinski definition) is 2. The van der Waals surface area contributed by atoms with Gasteiger partial charge in [0.2, 0.25) is 11.8 Å². The third-order valence-electron chi connectivity index (χ3n) is 6.65. The van der Waals surface area contributed by atoms with Gasteiger partial charge in [-0.15, -0.1) is 0 Å². The summed E-state index contributed by atoms with van der Waals surface area (Å²) in [5.74, 6) is -1.68. The summed E-state index contributed by atoms with van der Waals surface area (Å²) in [5, 5.41) is 5.48. The van der Waals surface area contributed by atoms with E-state index >= 15 is 0 Å². The third kappa shape index (κ3) is 3.35. The number of rotatable bonds is 6. The highest BCUT2D eigenvalue weighted by Gasteiger charge is 2.53. The number of methoxy groups -OCH3 is 1. The summed E-state index contributed by atoms with van der Waals surface area (Å²) in [7, 11) is 1.32. The van der Waals surface area contributed by atoms with Crippen LogP contribution in [0, 0.1) is 5.82 Å². The minimum Gasteiger partial charge on any atom is -0.494 e. The zero-order chi connectivity index (χ0) is 25.0. The molecule has 0 aliphatic carbocycles. The van der Waals surface area contributed by atoms with Gasteiger partial charge < -0.3 is 19.4 Å². The molecule has 11 heteroatoms. The largest absolute Gasteiger partial charge is 0.494 e. The number of aromatic nitrogens is 1.